The van der Waals surface area contributed by atoms with Crippen molar-refractivity contribution in [2.24, 2.45) is 0 Å². The molecule has 1 aliphatic carbocycles. The van der Waals surface area contributed by atoms with E-state index in [2.05, 4.69) is 10.3 Å². The number of pyridine rings is 1. The molecule has 4 nitrogen and oxygen atoms in total. The molecule has 1 aliphatic rings. The van der Waals surface area contributed by atoms with E-state index in [-0.39, 0.29) is 0 Å². The molecule has 0 saturated heterocycles. The fourth-order valence-corrected chi connectivity index (χ4v) is 2.50. The fraction of sp³-hybridized carbons (Fsp3) is 0.643. The smallest absolute Gasteiger partial charge is 0.168 e. The molecular weight excluding hydrogens is 228 g/mol. The van der Waals surface area contributed by atoms with Crippen molar-refractivity contribution in [1.29, 1.82) is 0 Å². The highest BCUT2D eigenvalue weighted by atomic mass is 16.5. The van der Waals surface area contributed by atoms with Gasteiger partial charge < -0.3 is 15.2 Å². The van der Waals surface area contributed by atoms with E-state index >= 15 is 0 Å². The van der Waals surface area contributed by atoms with Gasteiger partial charge in [0.25, 0.3) is 0 Å². The Morgan fingerprint density at radius 2 is 2.06 bits per heavy atom. The summed E-state index contributed by atoms with van der Waals surface area (Å²) in [6.45, 7) is 0.542. The lowest BCUT2D eigenvalue weighted by Gasteiger charge is -2.27. The SMILES string of the molecule is COc1cccnc1NCC1(O)CCCCCC1. The summed E-state index contributed by atoms with van der Waals surface area (Å²) in [6.07, 6.45) is 8.14. The van der Waals surface area contributed by atoms with Crippen LogP contribution < -0.4 is 10.1 Å². The normalized spacial score (nSPS) is 19.0. The predicted molar refractivity (Wildman–Crippen MR) is 71.9 cm³/mol. The van der Waals surface area contributed by atoms with Crippen LogP contribution in [0.5, 0.6) is 5.75 Å². The number of methoxy groups -OCH3 is 1. The summed E-state index contributed by atoms with van der Waals surface area (Å²) in [5.41, 5.74) is -0.598. The second-order valence-corrected chi connectivity index (χ2v) is 5.05. The summed E-state index contributed by atoms with van der Waals surface area (Å²) < 4.78 is 5.24. The Hall–Kier alpha value is -1.29. The number of hydrogen-bond acceptors (Lipinski definition) is 4. The van der Waals surface area contributed by atoms with Crippen LogP contribution in [0.15, 0.2) is 18.3 Å². The highest BCUT2D eigenvalue weighted by Crippen LogP contribution is 2.28. The summed E-state index contributed by atoms with van der Waals surface area (Å²) in [7, 11) is 1.63. The number of hydrogen-bond donors (Lipinski definition) is 2. The molecule has 0 unspecified atom stereocenters. The maximum Gasteiger partial charge on any atom is 0.168 e. The second-order valence-electron chi connectivity index (χ2n) is 5.05. The van der Waals surface area contributed by atoms with Crippen molar-refractivity contribution in [2.75, 3.05) is 19.0 Å². The monoisotopic (exact) mass is 250 g/mol. The highest BCUT2D eigenvalue weighted by molar-refractivity contribution is 5.49. The lowest BCUT2D eigenvalue weighted by Crippen LogP contribution is -2.36. The van der Waals surface area contributed by atoms with Gasteiger partial charge in [0.2, 0.25) is 0 Å². The number of aliphatic hydroxyl groups is 1. The van der Waals surface area contributed by atoms with E-state index < -0.39 is 5.60 Å². The maximum atomic E-state index is 10.5. The van der Waals surface area contributed by atoms with E-state index in [1.807, 2.05) is 12.1 Å². The van der Waals surface area contributed by atoms with Gasteiger partial charge in [0.15, 0.2) is 11.6 Å². The Labute approximate surface area is 108 Å². The van der Waals surface area contributed by atoms with Gasteiger partial charge >= 0.3 is 0 Å². The number of nitrogens with zero attached hydrogens (tertiary/aromatic N) is 1. The molecule has 0 aliphatic heterocycles. The molecule has 0 bridgehead atoms. The molecule has 100 valence electrons. The van der Waals surface area contributed by atoms with Crippen LogP contribution in [0.1, 0.15) is 38.5 Å². The third-order valence-corrected chi connectivity index (χ3v) is 3.61. The quantitative estimate of drug-likeness (QED) is 0.806. The molecule has 4 heteroatoms. The van der Waals surface area contributed by atoms with Gasteiger partial charge in [-0.3, -0.25) is 0 Å². The van der Waals surface area contributed by atoms with Crippen LogP contribution in [0.4, 0.5) is 5.82 Å². The molecule has 0 atom stereocenters. The van der Waals surface area contributed by atoms with Crippen molar-refractivity contribution in [3.8, 4) is 5.75 Å². The molecule has 18 heavy (non-hydrogen) atoms. The third kappa shape index (κ3) is 3.35. The van der Waals surface area contributed by atoms with Gasteiger partial charge in [0.1, 0.15) is 0 Å². The first-order chi connectivity index (χ1) is 8.73. The summed E-state index contributed by atoms with van der Waals surface area (Å²) in [4.78, 5) is 4.24. The molecule has 0 radical (unpaired) electrons. The van der Waals surface area contributed by atoms with Crippen molar-refractivity contribution in [3.63, 3.8) is 0 Å². The van der Waals surface area contributed by atoms with Gasteiger partial charge in [0, 0.05) is 12.7 Å². The molecule has 0 aromatic carbocycles. The van der Waals surface area contributed by atoms with Crippen LogP contribution in [0, 0.1) is 0 Å². The van der Waals surface area contributed by atoms with Crippen molar-refractivity contribution in [1.82, 2.24) is 4.98 Å². The van der Waals surface area contributed by atoms with Crippen molar-refractivity contribution in [2.45, 2.75) is 44.1 Å². The predicted octanol–water partition coefficient (Wildman–Crippen LogP) is 2.59. The lowest BCUT2D eigenvalue weighted by molar-refractivity contribution is 0.0380. The molecule has 2 rings (SSSR count). The zero-order valence-corrected chi connectivity index (χ0v) is 11.0. The van der Waals surface area contributed by atoms with Gasteiger partial charge in [-0.15, -0.1) is 0 Å². The van der Waals surface area contributed by atoms with E-state index in [4.69, 9.17) is 4.74 Å². The number of rotatable bonds is 4. The average Bonchev–Trinajstić information content (AvgIpc) is 2.62. The Kier molecular flexibility index (Phi) is 4.42. The number of ether oxygens (including phenoxy) is 1. The average molecular weight is 250 g/mol. The summed E-state index contributed by atoms with van der Waals surface area (Å²) in [5, 5.41) is 13.8. The zero-order valence-electron chi connectivity index (χ0n) is 11.0. The Bertz CT molecular complexity index is 374. The molecule has 1 aromatic rings. The van der Waals surface area contributed by atoms with Gasteiger partial charge in [-0.25, -0.2) is 4.98 Å². The largest absolute Gasteiger partial charge is 0.493 e. The Balaban J connectivity index is 1.97. The minimum atomic E-state index is -0.598. The van der Waals surface area contributed by atoms with Gasteiger partial charge in [-0.2, -0.15) is 0 Å². The summed E-state index contributed by atoms with van der Waals surface area (Å²) in [5.74, 6) is 1.42. The van der Waals surface area contributed by atoms with E-state index in [1.165, 1.54) is 12.8 Å². The Morgan fingerprint density at radius 3 is 2.72 bits per heavy atom. The van der Waals surface area contributed by atoms with E-state index in [1.54, 1.807) is 13.3 Å². The lowest BCUT2D eigenvalue weighted by atomic mass is 9.94. The molecular formula is C14H22N2O2. The number of nitrogens with one attached hydrogen (secondary N) is 1. The molecule has 1 fully saturated rings. The fourth-order valence-electron chi connectivity index (χ4n) is 2.50. The first kappa shape index (κ1) is 13.1. The van der Waals surface area contributed by atoms with E-state index in [0.29, 0.717) is 12.4 Å². The van der Waals surface area contributed by atoms with Crippen LogP contribution >= 0.6 is 0 Å². The first-order valence-electron chi connectivity index (χ1n) is 6.69. The van der Waals surface area contributed by atoms with Gasteiger partial charge in [-0.05, 0) is 25.0 Å². The highest BCUT2D eigenvalue weighted by Gasteiger charge is 2.28. The Morgan fingerprint density at radius 1 is 1.33 bits per heavy atom. The van der Waals surface area contributed by atoms with Crippen LogP contribution in [0.25, 0.3) is 0 Å². The van der Waals surface area contributed by atoms with Gasteiger partial charge in [0.05, 0.1) is 12.7 Å². The zero-order chi connectivity index (χ0) is 12.8. The van der Waals surface area contributed by atoms with Crippen molar-refractivity contribution >= 4 is 5.82 Å². The second kappa shape index (κ2) is 6.05. The minimum absolute atomic E-state index is 0.542. The van der Waals surface area contributed by atoms with Gasteiger partial charge in [-0.1, -0.05) is 25.7 Å². The maximum absolute atomic E-state index is 10.5. The molecule has 1 aromatic heterocycles. The van der Waals surface area contributed by atoms with Crippen molar-refractivity contribution < 1.29 is 9.84 Å². The van der Waals surface area contributed by atoms with Crippen molar-refractivity contribution in [3.05, 3.63) is 18.3 Å². The standard InChI is InChI=1S/C14H22N2O2/c1-18-12-7-6-10-15-13(12)16-11-14(17)8-4-2-3-5-9-14/h6-7,10,17H,2-5,8-9,11H2,1H3,(H,15,16). The minimum Gasteiger partial charge on any atom is -0.493 e. The number of aromatic nitrogens is 1. The molecule has 2 N–H and O–H groups in total. The van der Waals surface area contributed by atoms with Crippen LogP contribution in [-0.4, -0.2) is 29.3 Å². The van der Waals surface area contributed by atoms with Crippen LogP contribution in [-0.2, 0) is 0 Å². The van der Waals surface area contributed by atoms with Crippen LogP contribution in [0.2, 0.25) is 0 Å². The molecule has 1 heterocycles. The third-order valence-electron chi connectivity index (χ3n) is 3.61. The molecule has 0 amide bonds. The number of anilines is 1. The first-order valence-corrected chi connectivity index (χ1v) is 6.69. The molecule has 1 saturated carbocycles. The summed E-state index contributed by atoms with van der Waals surface area (Å²) >= 11 is 0. The van der Waals surface area contributed by atoms with E-state index in [9.17, 15) is 5.11 Å². The topological polar surface area (TPSA) is 54.4 Å². The van der Waals surface area contributed by atoms with E-state index in [0.717, 1.165) is 31.4 Å². The summed E-state index contributed by atoms with van der Waals surface area (Å²) in [6, 6.07) is 3.71. The van der Waals surface area contributed by atoms with Crippen LogP contribution in [0.3, 0.4) is 0 Å². The molecule has 0 spiro atoms.